The zero-order valence-electron chi connectivity index (χ0n) is 10.5. The van der Waals surface area contributed by atoms with Gasteiger partial charge >= 0.3 is 0 Å². The van der Waals surface area contributed by atoms with Crippen LogP contribution in [0.4, 0.5) is 0 Å². The van der Waals surface area contributed by atoms with Gasteiger partial charge in [-0.05, 0) is 23.5 Å². The third-order valence-electron chi connectivity index (χ3n) is 3.07. The molecular formula is C15H20O. The van der Waals surface area contributed by atoms with E-state index < -0.39 is 0 Å². The van der Waals surface area contributed by atoms with Crippen molar-refractivity contribution < 1.29 is 4.74 Å². The Balaban J connectivity index is 2.41. The van der Waals surface area contributed by atoms with E-state index in [1.807, 2.05) is 0 Å². The number of rotatable bonds is 2. The highest BCUT2D eigenvalue weighted by Gasteiger charge is 2.20. The van der Waals surface area contributed by atoms with Crippen LogP contribution in [-0.2, 0) is 0 Å². The van der Waals surface area contributed by atoms with Gasteiger partial charge in [0.25, 0.3) is 0 Å². The number of hydrogen-bond donors (Lipinski definition) is 0. The summed E-state index contributed by atoms with van der Waals surface area (Å²) in [4.78, 5) is 0. The van der Waals surface area contributed by atoms with Gasteiger partial charge in [-0.1, -0.05) is 52.0 Å². The minimum atomic E-state index is 0.215. The summed E-state index contributed by atoms with van der Waals surface area (Å²) in [6.45, 7) is 8.80. The summed E-state index contributed by atoms with van der Waals surface area (Å²) in [5.74, 6) is 2.11. The smallest absolute Gasteiger partial charge is 0.130 e. The molecule has 0 saturated heterocycles. The molecule has 0 amide bonds. The van der Waals surface area contributed by atoms with E-state index in [0.717, 1.165) is 5.75 Å². The molecule has 1 heteroatoms. The summed E-state index contributed by atoms with van der Waals surface area (Å²) in [6.07, 6.45) is 4.57. The van der Waals surface area contributed by atoms with Gasteiger partial charge in [-0.3, -0.25) is 0 Å². The lowest BCUT2D eigenvalue weighted by atomic mass is 9.95. The zero-order chi connectivity index (χ0) is 11.7. The molecule has 1 aromatic rings. The molecule has 2 rings (SSSR count). The highest BCUT2D eigenvalue weighted by molar-refractivity contribution is 5.63. The van der Waals surface area contributed by atoms with Crippen molar-refractivity contribution >= 4 is 6.08 Å². The Morgan fingerprint density at radius 1 is 1.12 bits per heavy atom. The van der Waals surface area contributed by atoms with Gasteiger partial charge in [-0.15, -0.1) is 0 Å². The van der Waals surface area contributed by atoms with Gasteiger partial charge in [0.05, 0.1) is 0 Å². The molecule has 0 unspecified atom stereocenters. The highest BCUT2D eigenvalue weighted by atomic mass is 16.5. The Morgan fingerprint density at radius 2 is 1.88 bits per heavy atom. The SMILES string of the molecule is CC(C)c1cccc2c1O[C@@H](C(C)C)C=C2. The highest BCUT2D eigenvalue weighted by Crippen LogP contribution is 2.35. The van der Waals surface area contributed by atoms with Crippen LogP contribution in [0.5, 0.6) is 5.75 Å². The van der Waals surface area contributed by atoms with Crippen LogP contribution in [0.3, 0.4) is 0 Å². The Morgan fingerprint density at radius 3 is 2.50 bits per heavy atom. The zero-order valence-corrected chi connectivity index (χ0v) is 10.5. The van der Waals surface area contributed by atoms with Crippen LogP contribution in [0.15, 0.2) is 24.3 Å². The molecule has 1 heterocycles. The average molecular weight is 216 g/mol. The van der Waals surface area contributed by atoms with E-state index in [-0.39, 0.29) is 6.10 Å². The van der Waals surface area contributed by atoms with Crippen molar-refractivity contribution in [2.75, 3.05) is 0 Å². The monoisotopic (exact) mass is 216 g/mol. The molecule has 0 spiro atoms. The first-order chi connectivity index (χ1) is 7.59. The number of fused-ring (bicyclic) bond motifs is 1. The first-order valence-corrected chi connectivity index (χ1v) is 6.07. The minimum Gasteiger partial charge on any atom is -0.485 e. The molecule has 0 saturated carbocycles. The molecule has 1 atom stereocenters. The van der Waals surface area contributed by atoms with Crippen molar-refractivity contribution in [2.45, 2.75) is 39.7 Å². The summed E-state index contributed by atoms with van der Waals surface area (Å²) in [5, 5.41) is 0. The number of ether oxygens (including phenoxy) is 1. The lowest BCUT2D eigenvalue weighted by Crippen LogP contribution is -2.23. The lowest BCUT2D eigenvalue weighted by Gasteiger charge is -2.27. The van der Waals surface area contributed by atoms with E-state index in [9.17, 15) is 0 Å². The van der Waals surface area contributed by atoms with Crippen molar-refractivity contribution in [1.29, 1.82) is 0 Å². The molecule has 86 valence electrons. The van der Waals surface area contributed by atoms with E-state index >= 15 is 0 Å². The van der Waals surface area contributed by atoms with Crippen LogP contribution in [0, 0.1) is 5.92 Å². The second-order valence-corrected chi connectivity index (χ2v) is 5.11. The fraction of sp³-hybridized carbons (Fsp3) is 0.467. The van der Waals surface area contributed by atoms with Crippen LogP contribution < -0.4 is 4.74 Å². The molecule has 0 N–H and O–H groups in total. The second kappa shape index (κ2) is 4.32. The fourth-order valence-electron chi connectivity index (χ4n) is 2.03. The Hall–Kier alpha value is -1.24. The van der Waals surface area contributed by atoms with Gasteiger partial charge in [0.2, 0.25) is 0 Å². The van der Waals surface area contributed by atoms with Gasteiger partial charge in [-0.25, -0.2) is 0 Å². The molecular weight excluding hydrogens is 196 g/mol. The molecule has 1 aliphatic heterocycles. The van der Waals surface area contributed by atoms with E-state index in [1.165, 1.54) is 11.1 Å². The van der Waals surface area contributed by atoms with Crippen molar-refractivity contribution in [2.24, 2.45) is 5.92 Å². The van der Waals surface area contributed by atoms with Crippen molar-refractivity contribution in [3.8, 4) is 5.75 Å². The Bertz CT molecular complexity index is 402. The molecule has 0 radical (unpaired) electrons. The maximum absolute atomic E-state index is 6.10. The van der Waals surface area contributed by atoms with Gasteiger partial charge in [0.1, 0.15) is 11.9 Å². The molecule has 0 fully saturated rings. The Labute approximate surface area is 98.1 Å². The van der Waals surface area contributed by atoms with Gasteiger partial charge in [0.15, 0.2) is 0 Å². The summed E-state index contributed by atoms with van der Waals surface area (Å²) >= 11 is 0. The third kappa shape index (κ3) is 1.99. The molecule has 0 bridgehead atoms. The van der Waals surface area contributed by atoms with E-state index in [4.69, 9.17) is 4.74 Å². The van der Waals surface area contributed by atoms with Crippen LogP contribution in [0.2, 0.25) is 0 Å². The van der Waals surface area contributed by atoms with E-state index in [2.05, 4.69) is 58.0 Å². The molecule has 0 aliphatic carbocycles. The fourth-order valence-corrected chi connectivity index (χ4v) is 2.03. The summed E-state index contributed by atoms with van der Waals surface area (Å²) in [5.41, 5.74) is 2.52. The second-order valence-electron chi connectivity index (χ2n) is 5.11. The van der Waals surface area contributed by atoms with Crippen molar-refractivity contribution in [3.63, 3.8) is 0 Å². The average Bonchev–Trinajstić information content (AvgIpc) is 2.27. The van der Waals surface area contributed by atoms with E-state index in [0.29, 0.717) is 11.8 Å². The number of para-hydroxylation sites is 1. The van der Waals surface area contributed by atoms with Crippen LogP contribution >= 0.6 is 0 Å². The number of hydrogen-bond acceptors (Lipinski definition) is 1. The van der Waals surface area contributed by atoms with Gasteiger partial charge in [0, 0.05) is 5.56 Å². The molecule has 1 nitrogen and oxygen atoms in total. The number of benzene rings is 1. The van der Waals surface area contributed by atoms with Gasteiger partial charge < -0.3 is 4.74 Å². The maximum Gasteiger partial charge on any atom is 0.130 e. The van der Waals surface area contributed by atoms with Crippen molar-refractivity contribution in [1.82, 2.24) is 0 Å². The predicted octanol–water partition coefficient (Wildman–Crippen LogP) is 4.24. The van der Waals surface area contributed by atoms with Crippen LogP contribution in [0.25, 0.3) is 6.08 Å². The first kappa shape index (κ1) is 11.3. The molecule has 16 heavy (non-hydrogen) atoms. The maximum atomic E-state index is 6.10. The first-order valence-electron chi connectivity index (χ1n) is 6.07. The molecule has 1 aliphatic rings. The minimum absolute atomic E-state index is 0.215. The van der Waals surface area contributed by atoms with E-state index in [1.54, 1.807) is 0 Å². The predicted molar refractivity (Wildman–Crippen MR) is 68.8 cm³/mol. The quantitative estimate of drug-likeness (QED) is 0.718. The largest absolute Gasteiger partial charge is 0.485 e. The normalized spacial score (nSPS) is 18.8. The molecule has 0 aromatic heterocycles. The van der Waals surface area contributed by atoms with Gasteiger partial charge in [-0.2, -0.15) is 0 Å². The molecule has 1 aromatic carbocycles. The lowest BCUT2D eigenvalue weighted by molar-refractivity contribution is 0.192. The topological polar surface area (TPSA) is 9.23 Å². The van der Waals surface area contributed by atoms with Crippen LogP contribution in [-0.4, -0.2) is 6.10 Å². The van der Waals surface area contributed by atoms with Crippen LogP contribution in [0.1, 0.15) is 44.7 Å². The standard InChI is InChI=1S/C15H20O/c1-10(2)13-7-5-6-12-8-9-14(11(3)4)16-15(12)13/h5-11,14H,1-4H3/t14-/m1/s1. The Kier molecular flexibility index (Phi) is 3.04. The third-order valence-corrected chi connectivity index (χ3v) is 3.07. The summed E-state index contributed by atoms with van der Waals surface area (Å²) in [7, 11) is 0. The summed E-state index contributed by atoms with van der Waals surface area (Å²) < 4.78 is 6.10. The van der Waals surface area contributed by atoms with Crippen molar-refractivity contribution in [3.05, 3.63) is 35.4 Å². The summed E-state index contributed by atoms with van der Waals surface area (Å²) in [6, 6.07) is 6.39.